The Bertz CT molecular complexity index is 671. The predicted octanol–water partition coefficient (Wildman–Crippen LogP) is 2.79. The average Bonchev–Trinajstić information content (AvgIpc) is 2.53. The number of nitrogen functional groups attached to an aromatic ring is 1. The van der Waals surface area contributed by atoms with E-state index in [1.165, 1.54) is 0 Å². The molecule has 114 valence electrons. The van der Waals surface area contributed by atoms with Crippen LogP contribution in [0, 0.1) is 0 Å². The first-order valence-corrected chi connectivity index (χ1v) is 7.77. The lowest BCUT2D eigenvalue weighted by molar-refractivity contribution is -0.119. The van der Waals surface area contributed by atoms with Gasteiger partial charge in [0.2, 0.25) is 0 Å². The van der Waals surface area contributed by atoms with Crippen molar-refractivity contribution in [2.75, 3.05) is 23.9 Å². The molecule has 0 aliphatic rings. The first kappa shape index (κ1) is 15.9. The monoisotopic (exact) mass is 316 g/mol. The molecule has 0 spiro atoms. The largest absolute Gasteiger partial charge is 0.452 e. The van der Waals surface area contributed by atoms with E-state index < -0.39 is 5.97 Å². The highest BCUT2D eigenvalue weighted by Crippen LogP contribution is 2.18. The Labute approximate surface area is 132 Å². The van der Waals surface area contributed by atoms with Gasteiger partial charge in [0.25, 0.3) is 5.91 Å². The van der Waals surface area contributed by atoms with E-state index in [1.807, 2.05) is 24.5 Å². The van der Waals surface area contributed by atoms with Crippen LogP contribution in [0.1, 0.15) is 10.4 Å². The van der Waals surface area contributed by atoms with Crippen molar-refractivity contribution >= 4 is 35.0 Å². The fourth-order valence-corrected chi connectivity index (χ4v) is 2.19. The minimum Gasteiger partial charge on any atom is -0.452 e. The molecule has 0 saturated carbocycles. The molecule has 0 bridgehead atoms. The van der Waals surface area contributed by atoms with Crippen LogP contribution < -0.4 is 11.1 Å². The van der Waals surface area contributed by atoms with Crippen LogP contribution >= 0.6 is 11.8 Å². The number of amides is 1. The minimum atomic E-state index is -0.562. The topological polar surface area (TPSA) is 81.4 Å². The summed E-state index contributed by atoms with van der Waals surface area (Å²) in [6, 6.07) is 13.7. The van der Waals surface area contributed by atoms with Gasteiger partial charge in [-0.2, -0.15) is 0 Å². The van der Waals surface area contributed by atoms with Crippen LogP contribution in [0.4, 0.5) is 11.4 Å². The third-order valence-corrected chi connectivity index (χ3v) is 3.56. The van der Waals surface area contributed by atoms with Crippen molar-refractivity contribution < 1.29 is 14.3 Å². The number of nitrogens with two attached hydrogens (primary N) is 1. The van der Waals surface area contributed by atoms with Crippen LogP contribution in [0.15, 0.2) is 53.4 Å². The van der Waals surface area contributed by atoms with Crippen LogP contribution in [0.5, 0.6) is 0 Å². The summed E-state index contributed by atoms with van der Waals surface area (Å²) in [7, 11) is 0. The molecule has 2 aromatic rings. The van der Waals surface area contributed by atoms with Crippen LogP contribution in [0.3, 0.4) is 0 Å². The Kier molecular flexibility index (Phi) is 5.43. The molecule has 0 atom stereocenters. The third-order valence-electron chi connectivity index (χ3n) is 2.83. The van der Waals surface area contributed by atoms with Crippen LogP contribution in [-0.4, -0.2) is 24.7 Å². The molecule has 0 aromatic heterocycles. The second kappa shape index (κ2) is 7.51. The number of hydrogen-bond acceptors (Lipinski definition) is 5. The van der Waals surface area contributed by atoms with E-state index in [2.05, 4.69) is 5.32 Å². The second-order valence-electron chi connectivity index (χ2n) is 4.48. The molecule has 0 radical (unpaired) electrons. The molecular formula is C16H16N2O3S. The number of hydrogen-bond donors (Lipinski definition) is 2. The van der Waals surface area contributed by atoms with Crippen LogP contribution in [0.2, 0.25) is 0 Å². The van der Waals surface area contributed by atoms with Gasteiger partial charge in [-0.25, -0.2) is 4.79 Å². The molecule has 6 heteroatoms. The summed E-state index contributed by atoms with van der Waals surface area (Å²) >= 11 is 1.58. The zero-order valence-corrected chi connectivity index (χ0v) is 12.9. The van der Waals surface area contributed by atoms with E-state index in [0.29, 0.717) is 16.9 Å². The van der Waals surface area contributed by atoms with Gasteiger partial charge in [0.15, 0.2) is 6.61 Å². The number of thioether (sulfide) groups is 1. The molecule has 3 N–H and O–H groups in total. The Morgan fingerprint density at radius 1 is 1.18 bits per heavy atom. The van der Waals surface area contributed by atoms with Crippen molar-refractivity contribution in [1.29, 1.82) is 0 Å². The van der Waals surface area contributed by atoms with E-state index in [-0.39, 0.29) is 12.5 Å². The maximum Gasteiger partial charge on any atom is 0.338 e. The number of ether oxygens (including phenoxy) is 1. The van der Waals surface area contributed by atoms with Gasteiger partial charge in [-0.15, -0.1) is 11.8 Å². The number of anilines is 2. The third kappa shape index (κ3) is 4.53. The molecular weight excluding hydrogens is 300 g/mol. The number of nitrogens with one attached hydrogen (secondary N) is 1. The summed E-state index contributed by atoms with van der Waals surface area (Å²) in [5.74, 6) is -0.949. The van der Waals surface area contributed by atoms with Crippen molar-refractivity contribution in [3.63, 3.8) is 0 Å². The Hall–Kier alpha value is -2.47. The summed E-state index contributed by atoms with van der Waals surface area (Å²) in [6.45, 7) is -0.341. The molecule has 0 aliphatic carbocycles. The fourth-order valence-electron chi connectivity index (χ4n) is 1.73. The van der Waals surface area contributed by atoms with Crippen molar-refractivity contribution in [3.05, 3.63) is 54.1 Å². The Morgan fingerprint density at radius 3 is 2.59 bits per heavy atom. The van der Waals surface area contributed by atoms with Gasteiger partial charge >= 0.3 is 5.97 Å². The Morgan fingerprint density at radius 2 is 1.91 bits per heavy atom. The number of carbonyl (C=O) groups excluding carboxylic acids is 2. The lowest BCUT2D eigenvalue weighted by atomic mass is 10.2. The number of esters is 1. The van der Waals surface area contributed by atoms with E-state index in [4.69, 9.17) is 10.5 Å². The quantitative estimate of drug-likeness (QED) is 0.503. The van der Waals surface area contributed by atoms with Crippen molar-refractivity contribution in [2.45, 2.75) is 4.90 Å². The standard InChI is InChI=1S/C16H16N2O3S/c1-22-14-4-2-3-13(9-14)18-15(19)10-21-16(20)11-5-7-12(17)8-6-11/h2-9H,10,17H2,1H3,(H,18,19). The molecule has 2 rings (SSSR count). The molecule has 0 aliphatic heterocycles. The van der Waals surface area contributed by atoms with Crippen molar-refractivity contribution in [3.8, 4) is 0 Å². The van der Waals surface area contributed by atoms with Gasteiger partial charge in [0, 0.05) is 16.3 Å². The molecule has 2 aromatic carbocycles. The molecule has 5 nitrogen and oxygen atoms in total. The highest BCUT2D eigenvalue weighted by molar-refractivity contribution is 7.98. The van der Waals surface area contributed by atoms with Crippen LogP contribution in [0.25, 0.3) is 0 Å². The number of rotatable bonds is 5. The zero-order valence-electron chi connectivity index (χ0n) is 12.0. The van der Waals surface area contributed by atoms with Gasteiger partial charge in [-0.05, 0) is 48.7 Å². The molecule has 1 amide bonds. The SMILES string of the molecule is CSc1cccc(NC(=O)COC(=O)c2ccc(N)cc2)c1. The molecule has 0 saturated heterocycles. The normalized spacial score (nSPS) is 10.0. The summed E-state index contributed by atoms with van der Waals surface area (Å²) in [6.07, 6.45) is 1.95. The van der Waals surface area contributed by atoms with E-state index >= 15 is 0 Å². The Balaban J connectivity index is 1.87. The zero-order chi connectivity index (χ0) is 15.9. The van der Waals surface area contributed by atoms with Gasteiger partial charge in [0.05, 0.1) is 5.56 Å². The molecule has 0 heterocycles. The smallest absolute Gasteiger partial charge is 0.338 e. The molecule has 0 unspecified atom stereocenters. The van der Waals surface area contributed by atoms with E-state index in [1.54, 1.807) is 42.1 Å². The van der Waals surface area contributed by atoms with Gasteiger partial charge in [0.1, 0.15) is 0 Å². The summed E-state index contributed by atoms with van der Waals surface area (Å²) < 4.78 is 4.96. The first-order valence-electron chi connectivity index (χ1n) is 6.55. The van der Waals surface area contributed by atoms with Crippen LogP contribution in [-0.2, 0) is 9.53 Å². The number of benzene rings is 2. The predicted molar refractivity (Wildman–Crippen MR) is 88.0 cm³/mol. The average molecular weight is 316 g/mol. The van der Waals surface area contributed by atoms with Gasteiger partial charge in [-0.3, -0.25) is 4.79 Å². The molecule has 0 fully saturated rings. The summed E-state index contributed by atoms with van der Waals surface area (Å²) in [5.41, 5.74) is 7.12. The van der Waals surface area contributed by atoms with Gasteiger partial charge < -0.3 is 15.8 Å². The highest BCUT2D eigenvalue weighted by atomic mass is 32.2. The van der Waals surface area contributed by atoms with E-state index in [0.717, 1.165) is 4.90 Å². The van der Waals surface area contributed by atoms with Crippen molar-refractivity contribution in [1.82, 2.24) is 0 Å². The maximum absolute atomic E-state index is 11.8. The lowest BCUT2D eigenvalue weighted by Gasteiger charge is -2.07. The van der Waals surface area contributed by atoms with Crippen molar-refractivity contribution in [2.24, 2.45) is 0 Å². The lowest BCUT2D eigenvalue weighted by Crippen LogP contribution is -2.20. The first-order chi connectivity index (χ1) is 10.6. The number of carbonyl (C=O) groups is 2. The second-order valence-corrected chi connectivity index (χ2v) is 5.36. The summed E-state index contributed by atoms with van der Waals surface area (Å²) in [5, 5.41) is 2.68. The van der Waals surface area contributed by atoms with E-state index in [9.17, 15) is 9.59 Å². The summed E-state index contributed by atoms with van der Waals surface area (Å²) in [4.78, 5) is 24.6. The molecule has 22 heavy (non-hydrogen) atoms. The fraction of sp³-hybridized carbons (Fsp3) is 0.125. The van der Waals surface area contributed by atoms with Gasteiger partial charge in [-0.1, -0.05) is 6.07 Å². The maximum atomic E-state index is 11.8. The minimum absolute atomic E-state index is 0.341. The highest BCUT2D eigenvalue weighted by Gasteiger charge is 2.10.